The van der Waals surface area contributed by atoms with Gasteiger partial charge in [-0.3, -0.25) is 0 Å². The van der Waals surface area contributed by atoms with Crippen LogP contribution in [0.2, 0.25) is 5.02 Å². The van der Waals surface area contributed by atoms with E-state index in [1.165, 1.54) is 18.5 Å². The third-order valence-corrected chi connectivity index (χ3v) is 5.67. The van der Waals surface area contributed by atoms with Crippen molar-refractivity contribution < 1.29 is 13.5 Å². The lowest BCUT2D eigenvalue weighted by Gasteiger charge is -2.35. The zero-order valence-corrected chi connectivity index (χ0v) is 15.7. The molecule has 0 radical (unpaired) electrons. The van der Waals surface area contributed by atoms with Crippen LogP contribution in [0.1, 0.15) is 23.5 Å². The molecule has 1 saturated heterocycles. The van der Waals surface area contributed by atoms with Crippen LogP contribution in [0.15, 0.2) is 48.8 Å². The minimum atomic E-state index is -1.11. The third kappa shape index (κ3) is 3.20. The highest BCUT2D eigenvalue weighted by molar-refractivity contribution is 7.71. The molecule has 1 aromatic heterocycles. The topological polar surface area (TPSA) is 42.8 Å². The van der Waals surface area contributed by atoms with Crippen LogP contribution in [-0.4, -0.2) is 21.4 Å². The van der Waals surface area contributed by atoms with Gasteiger partial charge in [0.2, 0.25) is 0 Å². The molecule has 140 valence electrons. The maximum atomic E-state index is 14.8. The number of ether oxygens (including phenoxy) is 1. The summed E-state index contributed by atoms with van der Waals surface area (Å²) in [5.74, 6) is -1.56. The van der Waals surface area contributed by atoms with Crippen molar-refractivity contribution in [3.63, 3.8) is 0 Å². The normalized spacial score (nSPS) is 22.3. The van der Waals surface area contributed by atoms with Gasteiger partial charge in [-0.1, -0.05) is 35.9 Å². The molecule has 2 aromatic carbocycles. The lowest BCUT2D eigenvalue weighted by atomic mass is 9.77. The molecule has 1 aliphatic rings. The quantitative estimate of drug-likeness (QED) is 0.621. The molecule has 4 rings (SSSR count). The molecule has 3 aromatic rings. The second kappa shape index (κ2) is 7.14. The third-order valence-electron chi connectivity index (χ3n) is 5.00. The van der Waals surface area contributed by atoms with Crippen molar-refractivity contribution in [2.45, 2.75) is 24.5 Å². The smallest absolute Gasteiger partial charge is 0.195 e. The Bertz CT molecular complexity index is 1040. The molecule has 1 N–H and O–H groups in total. The van der Waals surface area contributed by atoms with Crippen molar-refractivity contribution >= 4 is 23.8 Å². The van der Waals surface area contributed by atoms with Gasteiger partial charge in [-0.25, -0.2) is 13.5 Å². The van der Waals surface area contributed by atoms with E-state index in [2.05, 4.69) is 10.1 Å². The number of nitrogens with zero attached hydrogens (tertiary/aromatic N) is 2. The average Bonchev–Trinajstić information content (AvgIpc) is 3.23. The summed E-state index contributed by atoms with van der Waals surface area (Å²) in [5.41, 5.74) is -0.00501. The summed E-state index contributed by atoms with van der Waals surface area (Å²) in [6.45, 7) is 0.582. The van der Waals surface area contributed by atoms with Gasteiger partial charge in [0, 0.05) is 29.2 Å². The fraction of sp³-hybridized carbons (Fsp3) is 0.263. The van der Waals surface area contributed by atoms with Crippen LogP contribution < -0.4 is 0 Å². The number of rotatable bonds is 4. The van der Waals surface area contributed by atoms with Gasteiger partial charge >= 0.3 is 0 Å². The molecule has 0 amide bonds. The average molecular weight is 408 g/mol. The molecule has 4 nitrogen and oxygen atoms in total. The number of hydrogen-bond donors (Lipinski definition) is 1. The standard InChI is InChI=1S/C19H16ClF2N3OS/c20-16-4-2-1-3-13(16)14-7-8-26-19(14,10-25-18(27)23-11-24-25)15-6-5-12(21)9-17(15)22/h1-6,9,11,14H,7-8,10H2,(H,23,24,27)/t14-,19+/m1/s1. The van der Waals surface area contributed by atoms with E-state index in [9.17, 15) is 8.78 Å². The Labute approximate surface area is 164 Å². The van der Waals surface area contributed by atoms with Crippen LogP contribution in [0.3, 0.4) is 0 Å². The highest BCUT2D eigenvalue weighted by Gasteiger charge is 2.49. The zero-order valence-electron chi connectivity index (χ0n) is 14.2. The molecule has 0 bridgehead atoms. The van der Waals surface area contributed by atoms with Crippen molar-refractivity contribution in [3.8, 4) is 0 Å². The number of H-pyrrole nitrogens is 1. The van der Waals surface area contributed by atoms with E-state index in [0.717, 1.165) is 11.6 Å². The maximum absolute atomic E-state index is 14.8. The minimum Gasteiger partial charge on any atom is -0.368 e. The summed E-state index contributed by atoms with van der Waals surface area (Å²) >= 11 is 11.7. The number of benzene rings is 2. The largest absolute Gasteiger partial charge is 0.368 e. The van der Waals surface area contributed by atoms with Gasteiger partial charge in [0.05, 0.1) is 6.54 Å². The summed E-state index contributed by atoms with van der Waals surface area (Å²) in [4.78, 5) is 2.83. The predicted octanol–water partition coefficient (Wildman–Crippen LogP) is 4.97. The number of aromatic nitrogens is 3. The zero-order chi connectivity index (χ0) is 19.0. The summed E-state index contributed by atoms with van der Waals surface area (Å²) < 4.78 is 36.5. The van der Waals surface area contributed by atoms with Gasteiger partial charge in [-0.05, 0) is 36.3 Å². The van der Waals surface area contributed by atoms with Crippen molar-refractivity contribution in [2.24, 2.45) is 0 Å². The fourth-order valence-electron chi connectivity index (χ4n) is 3.81. The first-order chi connectivity index (χ1) is 13.0. The minimum absolute atomic E-state index is 0.174. The Morgan fingerprint density at radius 2 is 2.11 bits per heavy atom. The van der Waals surface area contributed by atoms with Gasteiger partial charge in [0.15, 0.2) is 4.77 Å². The number of aromatic amines is 1. The molecule has 0 aliphatic carbocycles. The van der Waals surface area contributed by atoms with Gasteiger partial charge in [-0.15, -0.1) is 0 Å². The summed E-state index contributed by atoms with van der Waals surface area (Å²) in [6, 6.07) is 10.9. The van der Waals surface area contributed by atoms with E-state index in [1.807, 2.05) is 18.2 Å². The Kier molecular flexibility index (Phi) is 4.84. The van der Waals surface area contributed by atoms with E-state index in [1.54, 1.807) is 10.7 Å². The molecule has 1 aliphatic heterocycles. The highest BCUT2D eigenvalue weighted by atomic mass is 35.5. The van der Waals surface area contributed by atoms with Crippen LogP contribution in [0, 0.1) is 16.4 Å². The van der Waals surface area contributed by atoms with E-state index in [0.29, 0.717) is 22.8 Å². The number of hydrogen-bond acceptors (Lipinski definition) is 3. The maximum Gasteiger partial charge on any atom is 0.195 e. The van der Waals surface area contributed by atoms with Crippen molar-refractivity contribution in [3.05, 3.63) is 81.3 Å². The second-order valence-electron chi connectivity index (χ2n) is 6.48. The van der Waals surface area contributed by atoms with Gasteiger partial charge < -0.3 is 9.72 Å². The Morgan fingerprint density at radius 1 is 1.30 bits per heavy atom. The summed E-state index contributed by atoms with van der Waals surface area (Å²) in [7, 11) is 0. The van der Waals surface area contributed by atoms with E-state index in [4.69, 9.17) is 28.6 Å². The first-order valence-electron chi connectivity index (χ1n) is 8.46. The van der Waals surface area contributed by atoms with Gasteiger partial charge in [-0.2, -0.15) is 5.10 Å². The van der Waals surface area contributed by atoms with Crippen LogP contribution >= 0.6 is 23.8 Å². The molecule has 8 heteroatoms. The lowest BCUT2D eigenvalue weighted by molar-refractivity contribution is -0.0302. The first kappa shape index (κ1) is 18.3. The predicted molar refractivity (Wildman–Crippen MR) is 100 cm³/mol. The molecule has 2 atom stereocenters. The van der Waals surface area contributed by atoms with E-state index < -0.39 is 17.2 Å². The molecule has 0 saturated carbocycles. The first-order valence-corrected chi connectivity index (χ1v) is 9.24. The fourth-order valence-corrected chi connectivity index (χ4v) is 4.24. The molecule has 0 spiro atoms. The summed E-state index contributed by atoms with van der Waals surface area (Å²) in [6.07, 6.45) is 2.11. The molecular formula is C19H16ClF2N3OS. The molecule has 2 heterocycles. The van der Waals surface area contributed by atoms with Crippen LogP contribution in [0.25, 0.3) is 0 Å². The molecule has 1 fully saturated rings. The van der Waals surface area contributed by atoms with E-state index in [-0.39, 0.29) is 18.0 Å². The number of halogens is 3. The summed E-state index contributed by atoms with van der Waals surface area (Å²) in [5, 5.41) is 4.77. The van der Waals surface area contributed by atoms with Crippen LogP contribution in [-0.2, 0) is 16.9 Å². The Balaban J connectivity index is 1.91. The van der Waals surface area contributed by atoms with Crippen molar-refractivity contribution in [1.82, 2.24) is 14.8 Å². The molecule has 27 heavy (non-hydrogen) atoms. The lowest BCUT2D eigenvalue weighted by Crippen LogP contribution is -2.37. The van der Waals surface area contributed by atoms with Crippen molar-refractivity contribution in [1.29, 1.82) is 0 Å². The molecule has 0 unspecified atom stereocenters. The van der Waals surface area contributed by atoms with Crippen LogP contribution in [0.4, 0.5) is 8.78 Å². The van der Waals surface area contributed by atoms with Gasteiger partial charge in [0.1, 0.15) is 23.6 Å². The second-order valence-corrected chi connectivity index (χ2v) is 7.27. The SMILES string of the molecule is Fc1ccc([C@@]2(Cn3nc[nH]c3=S)OCC[C@@H]2c2ccccc2Cl)c(F)c1. The monoisotopic (exact) mass is 407 g/mol. The van der Waals surface area contributed by atoms with Crippen LogP contribution in [0.5, 0.6) is 0 Å². The van der Waals surface area contributed by atoms with E-state index >= 15 is 0 Å². The highest BCUT2D eigenvalue weighted by Crippen LogP contribution is 2.50. The Hall–Kier alpha value is -2.09. The van der Waals surface area contributed by atoms with Gasteiger partial charge in [0.25, 0.3) is 0 Å². The Morgan fingerprint density at radius 3 is 2.81 bits per heavy atom. The molecular weight excluding hydrogens is 392 g/mol. The van der Waals surface area contributed by atoms with Crippen molar-refractivity contribution in [2.75, 3.05) is 6.61 Å². The number of nitrogens with one attached hydrogen (secondary N) is 1.